The molecular formula is C20H21NO5. The lowest BCUT2D eigenvalue weighted by Gasteiger charge is -2.19. The highest BCUT2D eigenvalue weighted by atomic mass is 16.6. The number of nitrogens with zero attached hydrogens (tertiary/aromatic N) is 1. The SMILES string of the molecule is CC(C)(C)c1cccc(C(=O)c2cc([N+](=O)[O-])ccc2OCC2CO2)c1. The van der Waals surface area contributed by atoms with E-state index in [1.54, 1.807) is 6.07 Å². The molecule has 0 aliphatic carbocycles. The first kappa shape index (κ1) is 18.1. The predicted molar refractivity (Wildman–Crippen MR) is 96.9 cm³/mol. The third-order valence-corrected chi connectivity index (χ3v) is 4.24. The Hall–Kier alpha value is -2.73. The van der Waals surface area contributed by atoms with E-state index in [0.29, 0.717) is 24.5 Å². The molecule has 136 valence electrons. The van der Waals surface area contributed by atoms with Crippen molar-refractivity contribution in [2.24, 2.45) is 0 Å². The monoisotopic (exact) mass is 355 g/mol. The van der Waals surface area contributed by atoms with Gasteiger partial charge in [-0.2, -0.15) is 0 Å². The zero-order valence-electron chi connectivity index (χ0n) is 15.0. The van der Waals surface area contributed by atoms with Crippen molar-refractivity contribution in [2.75, 3.05) is 13.2 Å². The number of nitro groups is 1. The fraction of sp³-hybridized carbons (Fsp3) is 0.350. The number of non-ortho nitro benzene ring substituents is 1. The zero-order chi connectivity index (χ0) is 18.9. The molecule has 2 aromatic carbocycles. The van der Waals surface area contributed by atoms with Crippen molar-refractivity contribution in [3.05, 3.63) is 69.3 Å². The fourth-order valence-electron chi connectivity index (χ4n) is 2.56. The second kappa shape index (κ2) is 6.88. The number of hydrogen-bond acceptors (Lipinski definition) is 5. The minimum absolute atomic E-state index is 0.0253. The first-order chi connectivity index (χ1) is 12.3. The molecule has 0 saturated carbocycles. The van der Waals surface area contributed by atoms with Crippen LogP contribution in [-0.2, 0) is 10.2 Å². The van der Waals surface area contributed by atoms with E-state index < -0.39 is 4.92 Å². The summed E-state index contributed by atoms with van der Waals surface area (Å²) < 4.78 is 10.8. The molecule has 0 amide bonds. The topological polar surface area (TPSA) is 82.0 Å². The average Bonchev–Trinajstić information content (AvgIpc) is 3.43. The normalized spacial score (nSPS) is 16.2. The second-order valence-corrected chi connectivity index (χ2v) is 7.36. The van der Waals surface area contributed by atoms with Gasteiger partial charge in [-0.3, -0.25) is 14.9 Å². The van der Waals surface area contributed by atoms with Gasteiger partial charge in [0.2, 0.25) is 0 Å². The summed E-state index contributed by atoms with van der Waals surface area (Å²) in [4.78, 5) is 23.6. The molecule has 0 radical (unpaired) electrons. The van der Waals surface area contributed by atoms with E-state index in [1.807, 2.05) is 18.2 Å². The minimum Gasteiger partial charge on any atom is -0.490 e. The minimum atomic E-state index is -0.518. The Morgan fingerprint density at radius 1 is 1.27 bits per heavy atom. The molecule has 1 unspecified atom stereocenters. The van der Waals surface area contributed by atoms with E-state index in [2.05, 4.69) is 20.8 Å². The Morgan fingerprint density at radius 2 is 2.00 bits per heavy atom. The van der Waals surface area contributed by atoms with E-state index in [-0.39, 0.29) is 28.6 Å². The van der Waals surface area contributed by atoms with Crippen LogP contribution in [0.1, 0.15) is 42.3 Å². The van der Waals surface area contributed by atoms with Crippen LogP contribution in [0.5, 0.6) is 5.75 Å². The van der Waals surface area contributed by atoms with Gasteiger partial charge in [0, 0.05) is 17.7 Å². The van der Waals surface area contributed by atoms with Gasteiger partial charge >= 0.3 is 0 Å². The van der Waals surface area contributed by atoms with Crippen LogP contribution >= 0.6 is 0 Å². The number of rotatable bonds is 6. The van der Waals surface area contributed by atoms with Crippen LogP contribution in [0.2, 0.25) is 0 Å². The molecule has 1 aliphatic heterocycles. The van der Waals surface area contributed by atoms with Crippen LogP contribution in [0.15, 0.2) is 42.5 Å². The lowest BCUT2D eigenvalue weighted by molar-refractivity contribution is -0.384. The highest BCUT2D eigenvalue weighted by Crippen LogP contribution is 2.29. The molecule has 3 rings (SSSR count). The first-order valence-corrected chi connectivity index (χ1v) is 8.44. The number of carbonyl (C=O) groups is 1. The Kier molecular flexibility index (Phi) is 4.78. The maximum Gasteiger partial charge on any atom is 0.270 e. The highest BCUT2D eigenvalue weighted by Gasteiger charge is 2.26. The molecule has 6 nitrogen and oxygen atoms in total. The van der Waals surface area contributed by atoms with Gasteiger partial charge in [0.1, 0.15) is 18.5 Å². The van der Waals surface area contributed by atoms with Crippen molar-refractivity contribution in [3.8, 4) is 5.75 Å². The Bertz CT molecular complexity index is 850. The molecule has 1 heterocycles. The Balaban J connectivity index is 1.98. The lowest BCUT2D eigenvalue weighted by atomic mass is 9.85. The van der Waals surface area contributed by atoms with Gasteiger partial charge in [-0.15, -0.1) is 0 Å². The molecule has 1 saturated heterocycles. The van der Waals surface area contributed by atoms with Gasteiger partial charge in [0.15, 0.2) is 5.78 Å². The Labute approximate surface area is 151 Å². The molecule has 6 heteroatoms. The molecule has 1 atom stereocenters. The molecule has 26 heavy (non-hydrogen) atoms. The molecule has 1 aliphatic rings. The van der Waals surface area contributed by atoms with Crippen molar-refractivity contribution in [1.82, 2.24) is 0 Å². The smallest absolute Gasteiger partial charge is 0.270 e. The van der Waals surface area contributed by atoms with Crippen LogP contribution in [-0.4, -0.2) is 30.0 Å². The molecule has 1 fully saturated rings. The van der Waals surface area contributed by atoms with Crippen LogP contribution in [0.3, 0.4) is 0 Å². The molecule has 0 spiro atoms. The van der Waals surface area contributed by atoms with E-state index in [4.69, 9.17) is 9.47 Å². The zero-order valence-corrected chi connectivity index (χ0v) is 15.0. The number of ketones is 1. The highest BCUT2D eigenvalue weighted by molar-refractivity contribution is 6.11. The summed E-state index contributed by atoms with van der Waals surface area (Å²) in [5.74, 6) is 0.0313. The van der Waals surface area contributed by atoms with Crippen molar-refractivity contribution in [2.45, 2.75) is 32.3 Å². The summed E-state index contributed by atoms with van der Waals surface area (Å²) in [5.41, 5.74) is 1.43. The summed E-state index contributed by atoms with van der Waals surface area (Å²) in [6.07, 6.45) is 0.0253. The number of ether oxygens (including phenoxy) is 2. The van der Waals surface area contributed by atoms with Crippen LogP contribution in [0.25, 0.3) is 0 Å². The number of nitro benzene ring substituents is 1. The van der Waals surface area contributed by atoms with Gasteiger partial charge < -0.3 is 9.47 Å². The van der Waals surface area contributed by atoms with Gasteiger partial charge in [0.25, 0.3) is 5.69 Å². The second-order valence-electron chi connectivity index (χ2n) is 7.36. The third-order valence-electron chi connectivity index (χ3n) is 4.24. The van der Waals surface area contributed by atoms with Crippen LogP contribution in [0.4, 0.5) is 5.69 Å². The summed E-state index contributed by atoms with van der Waals surface area (Å²) in [5, 5.41) is 11.1. The number of carbonyl (C=O) groups excluding carboxylic acids is 1. The summed E-state index contributed by atoms with van der Waals surface area (Å²) in [7, 11) is 0. The number of epoxide rings is 1. The van der Waals surface area contributed by atoms with E-state index in [0.717, 1.165) is 5.56 Å². The van der Waals surface area contributed by atoms with Crippen molar-refractivity contribution < 1.29 is 19.2 Å². The molecular weight excluding hydrogens is 334 g/mol. The summed E-state index contributed by atoms with van der Waals surface area (Å²) in [6.45, 7) is 7.14. The van der Waals surface area contributed by atoms with E-state index in [1.165, 1.54) is 18.2 Å². The van der Waals surface area contributed by atoms with Gasteiger partial charge in [0.05, 0.1) is 17.1 Å². The third kappa shape index (κ3) is 4.08. The van der Waals surface area contributed by atoms with E-state index in [9.17, 15) is 14.9 Å². The van der Waals surface area contributed by atoms with E-state index >= 15 is 0 Å². The maximum absolute atomic E-state index is 13.0. The van der Waals surface area contributed by atoms with Gasteiger partial charge in [-0.25, -0.2) is 0 Å². The fourth-order valence-corrected chi connectivity index (χ4v) is 2.56. The van der Waals surface area contributed by atoms with Crippen LogP contribution in [0, 0.1) is 10.1 Å². The molecule has 0 bridgehead atoms. The molecule has 0 aromatic heterocycles. The molecule has 2 aromatic rings. The first-order valence-electron chi connectivity index (χ1n) is 8.44. The standard InChI is InChI=1S/C20H21NO5/c1-20(2,3)14-6-4-5-13(9-14)19(22)17-10-15(21(23)24)7-8-18(17)26-12-16-11-25-16/h4-10,16H,11-12H2,1-3H3. The Morgan fingerprint density at radius 3 is 2.62 bits per heavy atom. The maximum atomic E-state index is 13.0. The molecule has 0 N–H and O–H groups in total. The summed E-state index contributed by atoms with van der Waals surface area (Å²) >= 11 is 0. The lowest BCUT2D eigenvalue weighted by Crippen LogP contribution is -2.13. The quantitative estimate of drug-likeness (QED) is 0.340. The summed E-state index contributed by atoms with van der Waals surface area (Å²) in [6, 6.07) is 11.4. The van der Waals surface area contributed by atoms with Crippen molar-refractivity contribution in [3.63, 3.8) is 0 Å². The average molecular weight is 355 g/mol. The van der Waals surface area contributed by atoms with Gasteiger partial charge in [-0.1, -0.05) is 39.0 Å². The largest absolute Gasteiger partial charge is 0.490 e. The van der Waals surface area contributed by atoms with Crippen molar-refractivity contribution >= 4 is 11.5 Å². The number of hydrogen-bond donors (Lipinski definition) is 0. The van der Waals surface area contributed by atoms with Crippen molar-refractivity contribution in [1.29, 1.82) is 0 Å². The van der Waals surface area contributed by atoms with Crippen LogP contribution < -0.4 is 4.74 Å². The predicted octanol–water partition coefficient (Wildman–Crippen LogP) is 3.90. The number of benzene rings is 2. The van der Waals surface area contributed by atoms with Gasteiger partial charge in [-0.05, 0) is 23.1 Å².